The zero-order chi connectivity index (χ0) is 24.2. The van der Waals surface area contributed by atoms with Crippen LogP contribution in [0, 0.1) is 0 Å². The van der Waals surface area contributed by atoms with E-state index in [9.17, 15) is 14.4 Å². The van der Waals surface area contributed by atoms with E-state index in [0.29, 0.717) is 28.8 Å². The summed E-state index contributed by atoms with van der Waals surface area (Å²) in [4.78, 5) is 39.5. The van der Waals surface area contributed by atoms with E-state index in [0.717, 1.165) is 44.0 Å². The second-order valence-electron chi connectivity index (χ2n) is 7.56. The minimum atomic E-state index is -0.399. The van der Waals surface area contributed by atoms with Crippen molar-refractivity contribution in [3.05, 3.63) is 68.6 Å². The summed E-state index contributed by atoms with van der Waals surface area (Å²) >= 11 is 10.3. The molecule has 4 rings (SSSR count). The Morgan fingerprint density at radius 3 is 2.71 bits per heavy atom. The van der Waals surface area contributed by atoms with Crippen LogP contribution in [0.4, 0.5) is 10.5 Å². The molecular weight excluding hydrogens is 542 g/mol. The summed E-state index contributed by atoms with van der Waals surface area (Å²) in [7, 11) is 1.62. The molecule has 0 unspecified atom stereocenters. The lowest BCUT2D eigenvalue weighted by atomic mass is 10.1. The van der Waals surface area contributed by atoms with Gasteiger partial charge in [-0.3, -0.25) is 14.4 Å². The van der Waals surface area contributed by atoms with Crippen LogP contribution < -0.4 is 10.2 Å². The molecule has 1 saturated heterocycles. The van der Waals surface area contributed by atoms with Crippen molar-refractivity contribution in [1.82, 2.24) is 9.88 Å². The van der Waals surface area contributed by atoms with Crippen LogP contribution in [0.1, 0.15) is 12.0 Å². The molecule has 1 N–H and O–H groups in total. The van der Waals surface area contributed by atoms with Crippen molar-refractivity contribution in [3.8, 4) is 0 Å². The molecule has 0 radical (unpaired) electrons. The minimum absolute atomic E-state index is 0.120. The fraction of sp³-hybridized carbons (Fsp3) is 0.208. The van der Waals surface area contributed by atoms with E-state index in [2.05, 4.69) is 21.2 Å². The van der Waals surface area contributed by atoms with E-state index in [4.69, 9.17) is 16.3 Å². The summed E-state index contributed by atoms with van der Waals surface area (Å²) in [5.41, 5.74) is 2.05. The monoisotopic (exact) mass is 561 g/mol. The smallest absolute Gasteiger partial charge is 0.298 e. The number of nitrogens with one attached hydrogen (secondary N) is 1. The zero-order valence-electron chi connectivity index (χ0n) is 18.2. The van der Waals surface area contributed by atoms with Crippen LogP contribution in [0.5, 0.6) is 0 Å². The third-order valence-corrected chi connectivity index (χ3v) is 6.82. The van der Waals surface area contributed by atoms with Crippen LogP contribution in [-0.4, -0.2) is 41.9 Å². The third kappa shape index (κ3) is 5.38. The van der Waals surface area contributed by atoms with E-state index in [1.807, 2.05) is 29.0 Å². The highest BCUT2D eigenvalue weighted by Gasteiger charge is 2.36. The molecule has 0 saturated carbocycles. The standard InChI is InChI=1S/C24H21BrClN3O4S/c1-33-10-2-9-27-22(30)14-28-13-15(19-12-16(25)3-8-20(19)28)11-21-23(31)29(24(32)34-21)18-6-4-17(26)5-7-18/h3-8,11-13H,2,9-10,14H2,1H3,(H,27,30)/b21-11-. The largest absolute Gasteiger partial charge is 0.385 e. The Morgan fingerprint density at radius 2 is 1.97 bits per heavy atom. The van der Waals surface area contributed by atoms with Crippen molar-refractivity contribution in [3.63, 3.8) is 0 Å². The number of benzene rings is 2. The molecule has 2 aromatic carbocycles. The number of imide groups is 1. The first-order chi connectivity index (χ1) is 16.4. The lowest BCUT2D eigenvalue weighted by molar-refractivity contribution is -0.121. The Morgan fingerprint density at radius 1 is 1.21 bits per heavy atom. The van der Waals surface area contributed by atoms with Gasteiger partial charge in [0.05, 0.1) is 10.6 Å². The molecule has 0 bridgehead atoms. The molecule has 1 fully saturated rings. The van der Waals surface area contributed by atoms with Gasteiger partial charge in [-0.05, 0) is 66.7 Å². The number of aromatic nitrogens is 1. The Labute approximate surface area is 214 Å². The molecule has 2 heterocycles. The number of methoxy groups -OCH3 is 1. The molecular formula is C24H21BrClN3O4S. The van der Waals surface area contributed by atoms with Gasteiger partial charge in [-0.2, -0.15) is 0 Å². The molecule has 0 atom stereocenters. The normalized spacial score (nSPS) is 15.0. The van der Waals surface area contributed by atoms with Gasteiger partial charge in [-0.1, -0.05) is 27.5 Å². The Hall–Kier alpha value is -2.59. The second-order valence-corrected chi connectivity index (χ2v) is 9.91. The van der Waals surface area contributed by atoms with Crippen LogP contribution in [0.15, 0.2) is 58.0 Å². The lowest BCUT2D eigenvalue weighted by Gasteiger charge is -2.12. The molecule has 0 aliphatic carbocycles. The predicted molar refractivity (Wildman–Crippen MR) is 139 cm³/mol. The summed E-state index contributed by atoms with van der Waals surface area (Å²) in [5.74, 6) is -0.519. The van der Waals surface area contributed by atoms with Crippen LogP contribution in [-0.2, 0) is 20.9 Å². The number of carbonyl (C=O) groups is 3. The second kappa shape index (κ2) is 10.8. The fourth-order valence-corrected chi connectivity index (χ4v) is 4.94. The van der Waals surface area contributed by atoms with Crippen LogP contribution in [0.3, 0.4) is 0 Å². The van der Waals surface area contributed by atoms with E-state index in [-0.39, 0.29) is 17.7 Å². The van der Waals surface area contributed by atoms with Gasteiger partial charge in [0.1, 0.15) is 6.54 Å². The first kappa shape index (κ1) is 24.5. The van der Waals surface area contributed by atoms with Gasteiger partial charge in [-0.25, -0.2) is 4.90 Å². The van der Waals surface area contributed by atoms with Gasteiger partial charge in [0.25, 0.3) is 11.1 Å². The maximum absolute atomic E-state index is 13.1. The van der Waals surface area contributed by atoms with Crippen molar-refractivity contribution in [2.75, 3.05) is 25.2 Å². The van der Waals surface area contributed by atoms with Gasteiger partial charge in [-0.15, -0.1) is 0 Å². The SMILES string of the molecule is COCCCNC(=O)Cn1cc(/C=C2\SC(=O)N(c3ccc(Cl)cc3)C2=O)c2cc(Br)ccc21. The number of hydrogen-bond acceptors (Lipinski definition) is 5. The van der Waals surface area contributed by atoms with E-state index >= 15 is 0 Å². The number of ether oxygens (including phenoxy) is 1. The molecule has 10 heteroatoms. The number of carbonyl (C=O) groups excluding carboxylic acids is 3. The van der Waals surface area contributed by atoms with Crippen molar-refractivity contribution in [2.24, 2.45) is 0 Å². The van der Waals surface area contributed by atoms with Crippen LogP contribution >= 0.6 is 39.3 Å². The molecule has 3 amide bonds. The lowest BCUT2D eigenvalue weighted by Crippen LogP contribution is -2.28. The first-order valence-corrected chi connectivity index (χ1v) is 12.4. The first-order valence-electron chi connectivity index (χ1n) is 10.4. The number of rotatable bonds is 8. The maximum atomic E-state index is 13.1. The van der Waals surface area contributed by atoms with Gasteiger partial charge in [0.2, 0.25) is 5.91 Å². The summed E-state index contributed by atoms with van der Waals surface area (Å²) in [5, 5.41) is 3.89. The van der Waals surface area contributed by atoms with Crippen molar-refractivity contribution in [2.45, 2.75) is 13.0 Å². The summed E-state index contributed by atoms with van der Waals surface area (Å²) in [6.07, 6.45) is 4.25. The van der Waals surface area contributed by atoms with Crippen molar-refractivity contribution < 1.29 is 19.1 Å². The summed E-state index contributed by atoms with van der Waals surface area (Å²) < 4.78 is 7.71. The van der Waals surface area contributed by atoms with E-state index in [1.54, 1.807) is 37.5 Å². The Kier molecular flexibility index (Phi) is 7.77. The highest BCUT2D eigenvalue weighted by Crippen LogP contribution is 2.37. The molecule has 0 spiro atoms. The zero-order valence-corrected chi connectivity index (χ0v) is 21.4. The Balaban J connectivity index is 1.62. The molecule has 3 aromatic rings. The van der Waals surface area contributed by atoms with Crippen molar-refractivity contribution >= 4 is 79.0 Å². The molecule has 1 aromatic heterocycles. The van der Waals surface area contributed by atoms with E-state index < -0.39 is 5.91 Å². The summed E-state index contributed by atoms with van der Waals surface area (Å²) in [6.45, 7) is 1.24. The number of fused-ring (bicyclic) bond motifs is 1. The molecule has 34 heavy (non-hydrogen) atoms. The highest BCUT2D eigenvalue weighted by atomic mass is 79.9. The number of anilines is 1. The van der Waals surface area contributed by atoms with Crippen molar-refractivity contribution in [1.29, 1.82) is 0 Å². The average molecular weight is 563 g/mol. The quantitative estimate of drug-likeness (QED) is 0.292. The van der Waals surface area contributed by atoms with Crippen LogP contribution in [0.25, 0.3) is 17.0 Å². The summed E-state index contributed by atoms with van der Waals surface area (Å²) in [6, 6.07) is 12.3. The molecule has 7 nitrogen and oxygen atoms in total. The fourth-order valence-electron chi connectivity index (χ4n) is 3.62. The van der Waals surface area contributed by atoms with E-state index in [1.165, 1.54) is 0 Å². The number of hydrogen-bond donors (Lipinski definition) is 1. The molecule has 1 aliphatic rings. The highest BCUT2D eigenvalue weighted by molar-refractivity contribution is 9.10. The van der Waals surface area contributed by atoms with Gasteiger partial charge < -0.3 is 14.6 Å². The third-order valence-electron chi connectivity index (χ3n) is 5.20. The molecule has 1 aliphatic heterocycles. The minimum Gasteiger partial charge on any atom is -0.385 e. The number of amides is 3. The Bertz CT molecular complexity index is 1290. The molecule has 176 valence electrons. The van der Waals surface area contributed by atoms with Gasteiger partial charge in [0.15, 0.2) is 0 Å². The average Bonchev–Trinajstić information content (AvgIpc) is 3.28. The number of nitrogens with zero attached hydrogens (tertiary/aromatic N) is 2. The maximum Gasteiger partial charge on any atom is 0.298 e. The van der Waals surface area contributed by atoms with Gasteiger partial charge in [0, 0.05) is 52.4 Å². The van der Waals surface area contributed by atoms with Gasteiger partial charge >= 0.3 is 0 Å². The number of thioether (sulfide) groups is 1. The van der Waals surface area contributed by atoms with Crippen LogP contribution in [0.2, 0.25) is 5.02 Å². The number of halogens is 2. The topological polar surface area (TPSA) is 80.6 Å². The predicted octanol–water partition coefficient (Wildman–Crippen LogP) is 5.45.